The average molecular weight is 421 g/mol. The van der Waals surface area contributed by atoms with Gasteiger partial charge in [-0.15, -0.1) is 0 Å². The number of rotatable bonds is 6. The van der Waals surface area contributed by atoms with Crippen molar-refractivity contribution >= 4 is 29.2 Å². The third-order valence-corrected chi connectivity index (χ3v) is 4.75. The highest BCUT2D eigenvalue weighted by atomic mass is 35.5. The number of hydrogen-bond donors (Lipinski definition) is 2. The summed E-state index contributed by atoms with van der Waals surface area (Å²) in [6, 6.07) is 13.9. The number of hydrogen-bond acceptors (Lipinski definition) is 3. The molecule has 0 atom stereocenters. The van der Waals surface area contributed by atoms with Crippen LogP contribution in [0.3, 0.4) is 0 Å². The molecule has 0 spiro atoms. The van der Waals surface area contributed by atoms with E-state index in [0.717, 1.165) is 5.56 Å². The van der Waals surface area contributed by atoms with E-state index in [1.54, 1.807) is 30.3 Å². The summed E-state index contributed by atoms with van der Waals surface area (Å²) in [6.45, 7) is -0.495. The van der Waals surface area contributed by atoms with Gasteiger partial charge >= 0.3 is 5.97 Å². The largest absolute Gasteiger partial charge is 0.507 e. The molecule has 0 saturated carbocycles. The minimum absolute atomic E-state index is 0.0740. The SMILES string of the molecule is O=C(O)COc1cc(Cl)c(Cc2ccc(O)c(-c3ccc(F)cc3)c2)c(Cl)c1. The molecule has 0 heterocycles. The second-order valence-electron chi connectivity index (χ2n) is 6.08. The van der Waals surface area contributed by atoms with Crippen molar-refractivity contribution in [3.63, 3.8) is 0 Å². The van der Waals surface area contributed by atoms with Gasteiger partial charge in [0.05, 0.1) is 0 Å². The molecule has 0 saturated heterocycles. The van der Waals surface area contributed by atoms with Crippen LogP contribution in [0, 0.1) is 5.82 Å². The van der Waals surface area contributed by atoms with Gasteiger partial charge in [-0.2, -0.15) is 0 Å². The van der Waals surface area contributed by atoms with Crippen LogP contribution >= 0.6 is 23.2 Å². The molecule has 7 heteroatoms. The number of carbonyl (C=O) groups is 1. The maximum absolute atomic E-state index is 13.2. The van der Waals surface area contributed by atoms with Crippen molar-refractivity contribution in [3.05, 3.63) is 81.6 Å². The number of aromatic hydroxyl groups is 1. The maximum atomic E-state index is 13.2. The van der Waals surface area contributed by atoms with E-state index in [9.17, 15) is 14.3 Å². The molecule has 0 fully saturated rings. The molecule has 0 aliphatic heterocycles. The van der Waals surface area contributed by atoms with Gasteiger partial charge in [0, 0.05) is 22.0 Å². The molecular formula is C21H15Cl2FO4. The third kappa shape index (κ3) is 4.74. The first-order chi connectivity index (χ1) is 13.3. The second-order valence-corrected chi connectivity index (χ2v) is 6.90. The van der Waals surface area contributed by atoms with Gasteiger partial charge in [0.25, 0.3) is 0 Å². The number of phenolic OH excluding ortho intramolecular Hbond substituents is 1. The van der Waals surface area contributed by atoms with E-state index in [1.165, 1.54) is 24.3 Å². The van der Waals surface area contributed by atoms with Crippen molar-refractivity contribution in [1.82, 2.24) is 0 Å². The molecule has 2 N–H and O–H groups in total. The first-order valence-electron chi connectivity index (χ1n) is 8.24. The molecule has 0 aromatic heterocycles. The van der Waals surface area contributed by atoms with Gasteiger partial charge in [-0.1, -0.05) is 41.4 Å². The Kier molecular flexibility index (Phi) is 6.07. The Balaban J connectivity index is 1.88. The van der Waals surface area contributed by atoms with Gasteiger partial charge in [0.15, 0.2) is 6.61 Å². The summed E-state index contributed by atoms with van der Waals surface area (Å²) < 4.78 is 18.3. The quantitative estimate of drug-likeness (QED) is 0.547. The zero-order valence-corrected chi connectivity index (χ0v) is 16.0. The molecule has 0 amide bonds. The number of halogens is 3. The Labute approximate surface area is 170 Å². The number of ether oxygens (including phenoxy) is 1. The summed E-state index contributed by atoms with van der Waals surface area (Å²) in [6.07, 6.45) is 0.380. The van der Waals surface area contributed by atoms with Crippen molar-refractivity contribution < 1.29 is 24.1 Å². The molecule has 0 bridgehead atoms. The average Bonchev–Trinajstić information content (AvgIpc) is 2.65. The van der Waals surface area contributed by atoms with Gasteiger partial charge in [-0.25, -0.2) is 9.18 Å². The first kappa shape index (κ1) is 20.0. The Morgan fingerprint density at radius 3 is 2.25 bits per heavy atom. The van der Waals surface area contributed by atoms with Crippen LogP contribution in [0.2, 0.25) is 10.0 Å². The van der Waals surface area contributed by atoms with E-state index in [1.807, 2.05) is 0 Å². The molecule has 0 aliphatic rings. The number of carboxylic acids is 1. The molecule has 144 valence electrons. The Bertz CT molecular complexity index is 996. The molecule has 3 aromatic rings. The monoisotopic (exact) mass is 420 g/mol. The van der Waals surface area contributed by atoms with Crippen molar-refractivity contribution in [3.8, 4) is 22.6 Å². The van der Waals surface area contributed by atoms with Crippen molar-refractivity contribution in [2.75, 3.05) is 6.61 Å². The second kappa shape index (κ2) is 8.50. The third-order valence-electron chi connectivity index (χ3n) is 4.07. The minimum Gasteiger partial charge on any atom is -0.507 e. The van der Waals surface area contributed by atoms with Gasteiger partial charge in [-0.05, 0) is 53.1 Å². The summed E-state index contributed by atoms with van der Waals surface area (Å²) in [5.41, 5.74) is 2.71. The lowest BCUT2D eigenvalue weighted by molar-refractivity contribution is -0.139. The number of carboxylic acid groups (broad SMARTS) is 1. The van der Waals surface area contributed by atoms with Gasteiger partial charge in [0.2, 0.25) is 0 Å². The molecule has 3 rings (SSSR count). The van der Waals surface area contributed by atoms with Crippen molar-refractivity contribution in [1.29, 1.82) is 0 Å². The lowest BCUT2D eigenvalue weighted by Crippen LogP contribution is -2.09. The molecule has 0 unspecified atom stereocenters. The predicted molar refractivity (Wildman–Crippen MR) is 106 cm³/mol. The standard InChI is InChI=1S/C21H15Cl2FO4/c22-18-9-15(28-11-21(26)27)10-19(23)17(18)8-12-1-6-20(25)16(7-12)13-2-4-14(24)5-3-13/h1-7,9-10,25H,8,11H2,(H,26,27). The Morgan fingerprint density at radius 2 is 1.64 bits per heavy atom. The minimum atomic E-state index is -1.10. The fraction of sp³-hybridized carbons (Fsp3) is 0.0952. The van der Waals surface area contributed by atoms with E-state index >= 15 is 0 Å². The predicted octanol–water partition coefficient (Wildman–Crippen LogP) is 5.56. The number of aliphatic carboxylic acids is 1. The molecule has 0 aliphatic carbocycles. The Morgan fingerprint density at radius 1 is 1.00 bits per heavy atom. The summed E-state index contributed by atoms with van der Waals surface area (Å²) in [4.78, 5) is 10.6. The normalized spacial score (nSPS) is 10.7. The van der Waals surface area contributed by atoms with Gasteiger partial charge in [0.1, 0.15) is 17.3 Å². The van der Waals surface area contributed by atoms with E-state index in [4.69, 9.17) is 33.0 Å². The fourth-order valence-electron chi connectivity index (χ4n) is 2.73. The van der Waals surface area contributed by atoms with Crippen LogP contribution in [0.15, 0.2) is 54.6 Å². The van der Waals surface area contributed by atoms with E-state index in [2.05, 4.69) is 0 Å². The molecule has 28 heavy (non-hydrogen) atoms. The van der Waals surface area contributed by atoms with Crippen LogP contribution in [0.25, 0.3) is 11.1 Å². The fourth-order valence-corrected chi connectivity index (χ4v) is 3.34. The van der Waals surface area contributed by atoms with Crippen LogP contribution in [0.5, 0.6) is 11.5 Å². The van der Waals surface area contributed by atoms with Gasteiger partial charge < -0.3 is 14.9 Å². The summed E-state index contributed by atoms with van der Waals surface area (Å²) in [5, 5.41) is 19.5. The topological polar surface area (TPSA) is 66.8 Å². The zero-order chi connectivity index (χ0) is 20.3. The van der Waals surface area contributed by atoms with Crippen molar-refractivity contribution in [2.24, 2.45) is 0 Å². The highest BCUT2D eigenvalue weighted by molar-refractivity contribution is 6.36. The number of benzene rings is 3. The highest BCUT2D eigenvalue weighted by Gasteiger charge is 2.13. The van der Waals surface area contributed by atoms with Crippen LogP contribution in [0.1, 0.15) is 11.1 Å². The van der Waals surface area contributed by atoms with E-state index in [0.29, 0.717) is 33.2 Å². The lowest BCUT2D eigenvalue weighted by Gasteiger charge is -2.12. The first-order valence-corrected chi connectivity index (χ1v) is 8.99. The maximum Gasteiger partial charge on any atom is 0.341 e. The molecule has 4 nitrogen and oxygen atoms in total. The van der Waals surface area contributed by atoms with E-state index < -0.39 is 12.6 Å². The summed E-state index contributed by atoms with van der Waals surface area (Å²) >= 11 is 12.6. The van der Waals surface area contributed by atoms with Crippen LogP contribution in [-0.4, -0.2) is 22.8 Å². The van der Waals surface area contributed by atoms with Crippen LogP contribution in [0.4, 0.5) is 4.39 Å². The van der Waals surface area contributed by atoms with E-state index in [-0.39, 0.29) is 17.3 Å². The van der Waals surface area contributed by atoms with Crippen LogP contribution in [-0.2, 0) is 11.2 Å². The molecule has 3 aromatic carbocycles. The lowest BCUT2D eigenvalue weighted by atomic mass is 9.98. The van der Waals surface area contributed by atoms with Crippen LogP contribution < -0.4 is 4.74 Å². The smallest absolute Gasteiger partial charge is 0.341 e. The zero-order valence-electron chi connectivity index (χ0n) is 14.5. The number of phenols is 1. The summed E-state index contributed by atoms with van der Waals surface area (Å²) in [5.74, 6) is -1.12. The molecule has 0 radical (unpaired) electrons. The van der Waals surface area contributed by atoms with Crippen molar-refractivity contribution in [2.45, 2.75) is 6.42 Å². The molecular weight excluding hydrogens is 406 g/mol. The van der Waals surface area contributed by atoms with Gasteiger partial charge in [-0.3, -0.25) is 0 Å². The highest BCUT2D eigenvalue weighted by Crippen LogP contribution is 2.35. The Hall–Kier alpha value is -2.76. The summed E-state index contributed by atoms with van der Waals surface area (Å²) in [7, 11) is 0.